The highest BCUT2D eigenvalue weighted by Crippen LogP contribution is 2.33. The van der Waals surface area contributed by atoms with Crippen molar-refractivity contribution in [2.24, 2.45) is 0 Å². The Kier molecular flexibility index (Phi) is 3.54. The van der Waals surface area contributed by atoms with Crippen LogP contribution in [-0.2, 0) is 6.42 Å². The lowest BCUT2D eigenvalue weighted by atomic mass is 9.88. The van der Waals surface area contributed by atoms with Crippen LogP contribution >= 0.6 is 0 Å². The fraction of sp³-hybridized carbons (Fsp3) is 0.375. The molecule has 0 spiro atoms. The number of aromatic nitrogens is 2. The van der Waals surface area contributed by atoms with Crippen LogP contribution in [0, 0.1) is 6.92 Å². The van der Waals surface area contributed by atoms with Gasteiger partial charge in [-0.25, -0.2) is 9.97 Å². The summed E-state index contributed by atoms with van der Waals surface area (Å²) < 4.78 is 5.25. The van der Waals surface area contributed by atoms with Gasteiger partial charge in [-0.3, -0.25) is 0 Å². The molecule has 0 bridgehead atoms. The van der Waals surface area contributed by atoms with Gasteiger partial charge in [0.05, 0.1) is 18.7 Å². The Morgan fingerprint density at radius 1 is 1.25 bits per heavy atom. The van der Waals surface area contributed by atoms with E-state index >= 15 is 0 Å². The quantitative estimate of drug-likeness (QED) is 0.929. The van der Waals surface area contributed by atoms with E-state index in [1.54, 1.807) is 13.4 Å². The van der Waals surface area contributed by atoms with Crippen molar-refractivity contribution in [3.63, 3.8) is 0 Å². The minimum atomic E-state index is 0.318. The maximum atomic E-state index is 5.25. The average Bonchev–Trinajstić information content (AvgIpc) is 2.50. The smallest absolute Gasteiger partial charge is 0.221 e. The topological polar surface area (TPSA) is 47.0 Å². The maximum absolute atomic E-state index is 5.25. The molecular weight excluding hydrogens is 250 g/mol. The number of nitrogens with zero attached hydrogens (tertiary/aromatic N) is 2. The summed E-state index contributed by atoms with van der Waals surface area (Å²) in [6.07, 6.45) is 5.04. The van der Waals surface area contributed by atoms with Crippen molar-refractivity contribution < 1.29 is 4.74 Å². The Morgan fingerprint density at radius 3 is 2.95 bits per heavy atom. The van der Waals surface area contributed by atoms with Gasteiger partial charge in [-0.2, -0.15) is 0 Å². The molecule has 0 saturated carbocycles. The van der Waals surface area contributed by atoms with Gasteiger partial charge < -0.3 is 10.1 Å². The summed E-state index contributed by atoms with van der Waals surface area (Å²) in [5.74, 6) is 1.49. The molecule has 1 aliphatic rings. The average molecular weight is 269 g/mol. The van der Waals surface area contributed by atoms with Crippen LogP contribution in [0.2, 0.25) is 0 Å². The second kappa shape index (κ2) is 5.49. The molecule has 0 amide bonds. The van der Waals surface area contributed by atoms with Crippen LogP contribution in [0.15, 0.2) is 30.6 Å². The molecule has 1 aromatic heterocycles. The largest absolute Gasteiger partial charge is 0.481 e. The van der Waals surface area contributed by atoms with E-state index in [-0.39, 0.29) is 0 Å². The molecule has 1 heterocycles. The van der Waals surface area contributed by atoms with Crippen LogP contribution in [0.4, 0.5) is 5.82 Å². The van der Waals surface area contributed by atoms with Gasteiger partial charge in [0.2, 0.25) is 5.88 Å². The molecule has 1 atom stereocenters. The first-order valence-corrected chi connectivity index (χ1v) is 6.99. The Bertz CT molecular complexity index is 612. The SMILES string of the molecule is COc1ncnc(NC2CCCc3ccccc32)c1C. The van der Waals surface area contributed by atoms with Crippen molar-refractivity contribution in [2.75, 3.05) is 12.4 Å². The van der Waals surface area contributed by atoms with Crippen LogP contribution < -0.4 is 10.1 Å². The molecular formula is C16H19N3O. The molecule has 0 saturated heterocycles. The van der Waals surface area contributed by atoms with Crippen molar-refractivity contribution in [2.45, 2.75) is 32.2 Å². The van der Waals surface area contributed by atoms with Gasteiger partial charge in [0.25, 0.3) is 0 Å². The van der Waals surface area contributed by atoms with Crippen molar-refractivity contribution in [3.8, 4) is 5.88 Å². The molecule has 1 N–H and O–H groups in total. The Morgan fingerprint density at radius 2 is 2.10 bits per heavy atom. The zero-order valence-electron chi connectivity index (χ0n) is 11.9. The van der Waals surface area contributed by atoms with E-state index in [4.69, 9.17) is 4.74 Å². The van der Waals surface area contributed by atoms with Crippen molar-refractivity contribution >= 4 is 5.82 Å². The molecule has 1 aromatic carbocycles. The molecule has 4 nitrogen and oxygen atoms in total. The summed E-state index contributed by atoms with van der Waals surface area (Å²) in [7, 11) is 1.63. The number of hydrogen-bond acceptors (Lipinski definition) is 4. The van der Waals surface area contributed by atoms with Gasteiger partial charge in [0, 0.05) is 0 Å². The molecule has 4 heteroatoms. The molecule has 0 fully saturated rings. The van der Waals surface area contributed by atoms with Gasteiger partial charge in [-0.15, -0.1) is 0 Å². The van der Waals surface area contributed by atoms with Crippen LogP contribution in [-0.4, -0.2) is 17.1 Å². The zero-order chi connectivity index (χ0) is 13.9. The third-order valence-corrected chi connectivity index (χ3v) is 3.91. The van der Waals surface area contributed by atoms with E-state index in [9.17, 15) is 0 Å². The summed E-state index contributed by atoms with van der Waals surface area (Å²) in [5, 5.41) is 3.55. The first kappa shape index (κ1) is 12.9. The summed E-state index contributed by atoms with van der Waals surface area (Å²) in [5.41, 5.74) is 3.78. The normalized spacial score (nSPS) is 17.4. The number of hydrogen-bond donors (Lipinski definition) is 1. The van der Waals surface area contributed by atoms with Crippen LogP contribution in [0.3, 0.4) is 0 Å². The molecule has 20 heavy (non-hydrogen) atoms. The first-order chi connectivity index (χ1) is 9.79. The second-order valence-corrected chi connectivity index (χ2v) is 5.14. The van der Waals surface area contributed by atoms with Crippen molar-refractivity contribution in [3.05, 3.63) is 47.3 Å². The van der Waals surface area contributed by atoms with Crippen molar-refractivity contribution in [1.29, 1.82) is 0 Å². The van der Waals surface area contributed by atoms with Crippen molar-refractivity contribution in [1.82, 2.24) is 9.97 Å². The first-order valence-electron chi connectivity index (χ1n) is 6.99. The number of rotatable bonds is 3. The van der Waals surface area contributed by atoms with Gasteiger partial charge in [0.15, 0.2) is 0 Å². The van der Waals surface area contributed by atoms with Gasteiger partial charge in [-0.1, -0.05) is 24.3 Å². The number of ether oxygens (including phenoxy) is 1. The third kappa shape index (κ3) is 2.33. The predicted octanol–water partition coefficient (Wildman–Crippen LogP) is 3.28. The molecule has 104 valence electrons. The minimum Gasteiger partial charge on any atom is -0.481 e. The van der Waals surface area contributed by atoms with E-state index in [2.05, 4.69) is 39.6 Å². The molecule has 1 aliphatic carbocycles. The zero-order valence-corrected chi connectivity index (χ0v) is 11.9. The number of anilines is 1. The fourth-order valence-corrected chi connectivity index (χ4v) is 2.85. The fourth-order valence-electron chi connectivity index (χ4n) is 2.85. The third-order valence-electron chi connectivity index (χ3n) is 3.91. The van der Waals surface area contributed by atoms with Crippen LogP contribution in [0.1, 0.15) is 35.6 Å². The second-order valence-electron chi connectivity index (χ2n) is 5.14. The lowest BCUT2D eigenvalue weighted by molar-refractivity contribution is 0.393. The number of fused-ring (bicyclic) bond motifs is 1. The minimum absolute atomic E-state index is 0.318. The molecule has 0 radical (unpaired) electrons. The predicted molar refractivity (Wildman–Crippen MR) is 79.1 cm³/mol. The number of benzene rings is 1. The number of methoxy groups -OCH3 is 1. The van der Waals surface area contributed by atoms with Crippen LogP contribution in [0.5, 0.6) is 5.88 Å². The number of aryl methyl sites for hydroxylation is 1. The van der Waals surface area contributed by atoms with E-state index < -0.39 is 0 Å². The number of nitrogens with one attached hydrogen (secondary N) is 1. The highest BCUT2D eigenvalue weighted by molar-refractivity contribution is 5.50. The van der Waals surface area contributed by atoms with Gasteiger partial charge in [0.1, 0.15) is 12.1 Å². The highest BCUT2D eigenvalue weighted by Gasteiger charge is 2.21. The Hall–Kier alpha value is -2.10. The lowest BCUT2D eigenvalue weighted by Crippen LogP contribution is -2.18. The summed E-state index contributed by atoms with van der Waals surface area (Å²) >= 11 is 0. The Labute approximate surface area is 119 Å². The van der Waals surface area contributed by atoms with Crippen LogP contribution in [0.25, 0.3) is 0 Å². The standard InChI is InChI=1S/C16H19N3O/c1-11-15(17-10-18-16(11)20-2)19-14-9-5-7-12-6-3-4-8-13(12)14/h3-4,6,8,10,14H,5,7,9H2,1-2H3,(H,17,18,19). The molecule has 1 unspecified atom stereocenters. The Balaban J connectivity index is 1.90. The molecule has 2 aromatic rings. The highest BCUT2D eigenvalue weighted by atomic mass is 16.5. The summed E-state index contributed by atoms with van der Waals surface area (Å²) in [6, 6.07) is 8.96. The molecule has 0 aliphatic heterocycles. The van der Waals surface area contributed by atoms with E-state index in [0.717, 1.165) is 17.8 Å². The van der Waals surface area contributed by atoms with E-state index in [1.807, 2.05) is 6.92 Å². The monoisotopic (exact) mass is 269 g/mol. The maximum Gasteiger partial charge on any atom is 0.221 e. The lowest BCUT2D eigenvalue weighted by Gasteiger charge is -2.27. The van der Waals surface area contributed by atoms with E-state index in [0.29, 0.717) is 11.9 Å². The van der Waals surface area contributed by atoms with Gasteiger partial charge in [-0.05, 0) is 37.3 Å². The summed E-state index contributed by atoms with van der Waals surface area (Å²) in [4.78, 5) is 8.47. The summed E-state index contributed by atoms with van der Waals surface area (Å²) in [6.45, 7) is 1.98. The van der Waals surface area contributed by atoms with Gasteiger partial charge >= 0.3 is 0 Å². The van der Waals surface area contributed by atoms with E-state index in [1.165, 1.54) is 24.0 Å². The molecule has 3 rings (SSSR count).